The van der Waals surface area contributed by atoms with Gasteiger partial charge in [-0.1, -0.05) is 50.8 Å². The number of benzene rings is 1. The number of fused-ring (bicyclic) bond motifs is 1. The lowest BCUT2D eigenvalue weighted by atomic mass is 10.1. The van der Waals surface area contributed by atoms with Crippen molar-refractivity contribution in [2.24, 2.45) is 0 Å². The second kappa shape index (κ2) is 6.98. The molecule has 1 aliphatic rings. The van der Waals surface area contributed by atoms with Gasteiger partial charge in [-0.2, -0.15) is 0 Å². The average Bonchev–Trinajstić information content (AvgIpc) is 2.41. The van der Waals surface area contributed by atoms with Crippen LogP contribution in [-0.4, -0.2) is 17.3 Å². The number of Topliss-reactive ketones (excluding diaryl/α,β-unsaturated/α-hetero) is 1. The Labute approximate surface area is 113 Å². The lowest BCUT2D eigenvalue weighted by Crippen LogP contribution is -2.13. The molecule has 1 heterocycles. The maximum atomic E-state index is 11.9. The van der Waals surface area contributed by atoms with Crippen molar-refractivity contribution in [3.63, 3.8) is 0 Å². The highest BCUT2D eigenvalue weighted by atomic mass is 32.2. The van der Waals surface area contributed by atoms with Gasteiger partial charge >= 0.3 is 0 Å². The zero-order valence-electron chi connectivity index (χ0n) is 11.3. The van der Waals surface area contributed by atoms with E-state index in [2.05, 4.69) is 19.1 Å². The molecule has 1 aliphatic heterocycles. The summed E-state index contributed by atoms with van der Waals surface area (Å²) in [7, 11) is -0.0559. The molecule has 1 unspecified atom stereocenters. The summed E-state index contributed by atoms with van der Waals surface area (Å²) in [4.78, 5) is 13.2. The number of carbonyl (C=O) groups is 1. The molecule has 0 fully saturated rings. The van der Waals surface area contributed by atoms with Crippen molar-refractivity contribution in [1.82, 2.24) is 0 Å². The monoisotopic (exact) mass is 264 g/mol. The van der Waals surface area contributed by atoms with Crippen molar-refractivity contribution in [2.75, 3.05) is 11.5 Å². The van der Waals surface area contributed by atoms with Crippen LogP contribution in [0.3, 0.4) is 0 Å². The number of ketones is 1. The third-order valence-corrected chi connectivity index (χ3v) is 6.38. The van der Waals surface area contributed by atoms with E-state index in [-0.39, 0.29) is 10.9 Å². The van der Waals surface area contributed by atoms with Crippen LogP contribution in [0.25, 0.3) is 0 Å². The zero-order valence-corrected chi connectivity index (χ0v) is 12.2. The lowest BCUT2D eigenvalue weighted by Gasteiger charge is -2.28. The molecule has 0 saturated carbocycles. The van der Waals surface area contributed by atoms with Gasteiger partial charge in [0.1, 0.15) is 0 Å². The van der Waals surface area contributed by atoms with Crippen LogP contribution in [0.5, 0.6) is 0 Å². The van der Waals surface area contributed by atoms with Crippen LogP contribution in [-0.2, 0) is 0 Å². The Bertz CT molecular complexity index is 400. The number of unbranched alkanes of at least 4 members (excludes halogenated alkanes) is 4. The standard InChI is InChI=1S/C16H24OS/c1-2-3-4-5-8-12-18-13-11-15(17)14-9-6-7-10-16(14)18/h6-7,9-10,18H,2-5,8,11-13H2,1H3. The lowest BCUT2D eigenvalue weighted by molar-refractivity contribution is 0.0984. The second-order valence-electron chi connectivity index (χ2n) is 5.09. The van der Waals surface area contributed by atoms with Crippen molar-refractivity contribution in [3.8, 4) is 0 Å². The molecule has 0 aliphatic carbocycles. The first kappa shape index (κ1) is 13.7. The molecule has 100 valence electrons. The summed E-state index contributed by atoms with van der Waals surface area (Å²) in [5.74, 6) is 2.80. The van der Waals surface area contributed by atoms with Crippen LogP contribution in [0.1, 0.15) is 55.8 Å². The van der Waals surface area contributed by atoms with E-state index in [9.17, 15) is 4.79 Å². The van der Waals surface area contributed by atoms with Gasteiger partial charge in [0.15, 0.2) is 5.78 Å². The van der Waals surface area contributed by atoms with Gasteiger partial charge in [-0.05, 0) is 28.9 Å². The first-order valence-electron chi connectivity index (χ1n) is 7.20. The highest BCUT2D eigenvalue weighted by Gasteiger charge is 2.21. The molecular weight excluding hydrogens is 240 g/mol. The summed E-state index contributed by atoms with van der Waals surface area (Å²) in [5.41, 5.74) is 1.02. The fourth-order valence-corrected chi connectivity index (χ4v) is 5.24. The van der Waals surface area contributed by atoms with Gasteiger partial charge in [0.2, 0.25) is 0 Å². The number of thiol groups is 1. The smallest absolute Gasteiger partial charge is 0.164 e. The molecule has 0 radical (unpaired) electrons. The van der Waals surface area contributed by atoms with Gasteiger partial charge in [0, 0.05) is 12.0 Å². The van der Waals surface area contributed by atoms with Gasteiger partial charge in [-0.15, -0.1) is 0 Å². The molecule has 0 N–H and O–H groups in total. The average molecular weight is 264 g/mol. The van der Waals surface area contributed by atoms with Gasteiger partial charge in [0.05, 0.1) is 0 Å². The molecule has 2 rings (SSSR count). The first-order valence-corrected chi connectivity index (χ1v) is 8.91. The van der Waals surface area contributed by atoms with Crippen LogP contribution in [0.2, 0.25) is 0 Å². The molecule has 2 heteroatoms. The van der Waals surface area contributed by atoms with Crippen LogP contribution in [0.4, 0.5) is 0 Å². The van der Waals surface area contributed by atoms with Crippen LogP contribution < -0.4 is 0 Å². The van der Waals surface area contributed by atoms with Gasteiger partial charge in [-0.25, -0.2) is 10.9 Å². The van der Waals surface area contributed by atoms with Crippen molar-refractivity contribution in [1.29, 1.82) is 0 Å². The van der Waals surface area contributed by atoms with E-state index in [0.717, 1.165) is 17.7 Å². The summed E-state index contributed by atoms with van der Waals surface area (Å²) in [6, 6.07) is 8.29. The molecule has 0 bridgehead atoms. The SMILES string of the molecule is CCCCCCC[SH]1CCC(=O)c2ccccc21. The molecular formula is C16H24OS. The van der Waals surface area contributed by atoms with Gasteiger partial charge in [0.25, 0.3) is 0 Å². The van der Waals surface area contributed by atoms with Crippen molar-refractivity contribution >= 4 is 16.7 Å². The van der Waals surface area contributed by atoms with Crippen LogP contribution in [0, 0.1) is 0 Å². The Kier molecular flexibility index (Phi) is 5.30. The normalized spacial score (nSPS) is 20.7. The fourth-order valence-electron chi connectivity index (χ4n) is 2.62. The summed E-state index contributed by atoms with van der Waals surface area (Å²) >= 11 is 0. The number of hydrogen-bond donors (Lipinski definition) is 1. The molecule has 0 spiro atoms. The number of rotatable bonds is 6. The first-order chi connectivity index (χ1) is 8.83. The number of hydrogen-bond acceptors (Lipinski definition) is 1. The minimum absolute atomic E-state index is 0.0559. The predicted molar refractivity (Wildman–Crippen MR) is 81.1 cm³/mol. The zero-order chi connectivity index (χ0) is 12.8. The topological polar surface area (TPSA) is 17.1 Å². The molecule has 1 aromatic carbocycles. The maximum Gasteiger partial charge on any atom is 0.164 e. The summed E-state index contributed by atoms with van der Waals surface area (Å²) in [5, 5.41) is 0. The number of carbonyl (C=O) groups excluding carboxylic acids is 1. The van der Waals surface area contributed by atoms with E-state index in [0.29, 0.717) is 5.78 Å². The minimum atomic E-state index is -0.0559. The van der Waals surface area contributed by atoms with E-state index in [1.165, 1.54) is 42.8 Å². The summed E-state index contributed by atoms with van der Waals surface area (Å²) in [6.45, 7) is 2.26. The largest absolute Gasteiger partial charge is 0.294 e. The highest BCUT2D eigenvalue weighted by molar-refractivity contribution is 8.17. The van der Waals surface area contributed by atoms with Crippen molar-refractivity contribution < 1.29 is 4.79 Å². The Morgan fingerprint density at radius 2 is 1.89 bits per heavy atom. The highest BCUT2D eigenvalue weighted by Crippen LogP contribution is 2.43. The summed E-state index contributed by atoms with van der Waals surface area (Å²) < 4.78 is 0. The van der Waals surface area contributed by atoms with E-state index in [1.807, 2.05) is 12.1 Å². The minimum Gasteiger partial charge on any atom is -0.294 e. The molecule has 1 nitrogen and oxygen atoms in total. The van der Waals surface area contributed by atoms with Gasteiger partial charge in [-0.3, -0.25) is 4.79 Å². The molecule has 1 aromatic rings. The third-order valence-electron chi connectivity index (χ3n) is 3.69. The van der Waals surface area contributed by atoms with Crippen molar-refractivity contribution in [3.05, 3.63) is 29.8 Å². The Morgan fingerprint density at radius 3 is 2.72 bits per heavy atom. The molecule has 0 amide bonds. The van der Waals surface area contributed by atoms with Crippen LogP contribution >= 0.6 is 10.9 Å². The molecule has 0 aromatic heterocycles. The van der Waals surface area contributed by atoms with E-state index >= 15 is 0 Å². The maximum absolute atomic E-state index is 11.9. The van der Waals surface area contributed by atoms with E-state index in [1.54, 1.807) is 0 Å². The second-order valence-corrected chi connectivity index (χ2v) is 7.55. The Hall–Kier alpha value is -0.760. The predicted octanol–water partition coefficient (Wildman–Crippen LogP) is 4.60. The van der Waals surface area contributed by atoms with E-state index in [4.69, 9.17) is 0 Å². The van der Waals surface area contributed by atoms with E-state index < -0.39 is 0 Å². The Morgan fingerprint density at radius 1 is 1.11 bits per heavy atom. The molecule has 18 heavy (non-hydrogen) atoms. The third kappa shape index (κ3) is 3.38. The Balaban J connectivity index is 1.91. The van der Waals surface area contributed by atoms with Crippen molar-refractivity contribution in [2.45, 2.75) is 50.3 Å². The fraction of sp³-hybridized carbons (Fsp3) is 0.562. The van der Waals surface area contributed by atoms with Crippen LogP contribution in [0.15, 0.2) is 29.2 Å². The van der Waals surface area contributed by atoms with Gasteiger partial charge < -0.3 is 0 Å². The quantitative estimate of drug-likeness (QED) is 0.587. The summed E-state index contributed by atoms with van der Waals surface area (Å²) in [6.07, 6.45) is 7.54. The molecule has 0 saturated heterocycles. The molecule has 1 atom stereocenters.